The number of rotatable bonds is 12. The molecule has 0 aromatic rings. The summed E-state index contributed by atoms with van der Waals surface area (Å²) >= 11 is -3.54. The molecule has 0 rings (SSSR count). The first-order valence-electron chi connectivity index (χ1n) is 7.58. The summed E-state index contributed by atoms with van der Waals surface area (Å²) in [6.07, 6.45) is -9.64. The molecule has 0 aliphatic carbocycles. The maximum Gasteiger partial charge on any atom is 0.450 e. The average Bonchev–Trinajstić information content (AvgIpc) is 2.46. The molecule has 0 saturated heterocycles. The van der Waals surface area contributed by atoms with Crippen LogP contribution in [0.4, 0.5) is 57.1 Å². The van der Waals surface area contributed by atoms with Crippen molar-refractivity contribution in [3.05, 3.63) is 0 Å². The number of hydrogen-bond acceptors (Lipinski definition) is 4. The van der Waals surface area contributed by atoms with Gasteiger partial charge < -0.3 is 14.0 Å². The first-order chi connectivity index (χ1) is 13.3. The molecule has 0 fully saturated rings. The zero-order valence-electron chi connectivity index (χ0n) is 15.3. The van der Waals surface area contributed by atoms with Gasteiger partial charge in [-0.1, -0.05) is 0 Å². The maximum atomic E-state index is 14.0. The molecule has 0 aliphatic heterocycles. The molecular weight excluding hydrogens is 499 g/mol. The van der Waals surface area contributed by atoms with Crippen molar-refractivity contribution < 1.29 is 75.3 Å². The normalized spacial score (nSPS) is 19.6. The van der Waals surface area contributed by atoms with Gasteiger partial charge in [0.1, 0.15) is 13.2 Å². The lowest BCUT2D eigenvalue weighted by Crippen LogP contribution is -2.55. The summed E-state index contributed by atoms with van der Waals surface area (Å²) in [5.41, 5.74) is 0. The van der Waals surface area contributed by atoms with Crippen molar-refractivity contribution in [1.82, 2.24) is 0 Å². The van der Waals surface area contributed by atoms with E-state index >= 15 is 0 Å². The Balaban J connectivity index is 5.55. The van der Waals surface area contributed by atoms with Gasteiger partial charge in [-0.25, -0.2) is 30.7 Å². The number of halogens is 13. The van der Waals surface area contributed by atoms with Crippen LogP contribution >= 0.6 is 0 Å². The highest BCUT2D eigenvalue weighted by molar-refractivity contribution is 7.79. The van der Waals surface area contributed by atoms with E-state index in [0.29, 0.717) is 0 Å². The summed E-state index contributed by atoms with van der Waals surface area (Å²) in [6, 6.07) is 0. The highest BCUT2D eigenvalue weighted by Gasteiger charge is 2.66. The molecule has 0 aromatic carbocycles. The predicted octanol–water partition coefficient (Wildman–Crippen LogP) is 4.76. The Labute approximate surface area is 168 Å². The van der Waals surface area contributed by atoms with Gasteiger partial charge in [-0.05, 0) is 11.1 Å². The summed E-state index contributed by atoms with van der Waals surface area (Å²) in [7, 11) is 0. The third-order valence-electron chi connectivity index (χ3n) is 3.53. The largest absolute Gasteiger partial charge is 0.772 e. The van der Waals surface area contributed by atoms with Crippen molar-refractivity contribution in [1.29, 1.82) is 0 Å². The third kappa shape index (κ3) is 8.20. The maximum absolute atomic E-state index is 14.0. The van der Waals surface area contributed by atoms with Crippen molar-refractivity contribution in [3.8, 4) is 0 Å². The van der Waals surface area contributed by atoms with Crippen LogP contribution in [0.2, 0.25) is 0 Å². The molecule has 0 amide bonds. The lowest BCUT2D eigenvalue weighted by Gasteiger charge is -2.36. The molecule has 0 saturated carbocycles. The molecule has 0 radical (unpaired) electrons. The van der Waals surface area contributed by atoms with Crippen LogP contribution in [0.15, 0.2) is 0 Å². The third-order valence-corrected chi connectivity index (χ3v) is 4.19. The molecule has 188 valence electrons. The molecule has 0 aromatic heterocycles. The van der Waals surface area contributed by atoms with E-state index in [1.807, 2.05) is 0 Å². The molecule has 0 N–H and O–H groups in total. The molecule has 3 atom stereocenters. The van der Waals surface area contributed by atoms with Gasteiger partial charge in [-0.2, -0.15) is 26.3 Å². The minimum absolute atomic E-state index is 0.497. The zero-order chi connectivity index (χ0) is 25.3. The number of ether oxygens (including phenoxy) is 2. The standard InChI is InChI=1S/C13H15F13O4S/c1-7(14,15)10(19,20)3-11(21,22)8(2,16)29-5-12(23,13(24,25)26)30-4-9(17,18)6-31(27)28/h3-6H2,1-2H3,(H,27,28)/p-1. The van der Waals surface area contributed by atoms with Crippen molar-refractivity contribution in [3.63, 3.8) is 0 Å². The summed E-state index contributed by atoms with van der Waals surface area (Å²) in [4.78, 5) is 0. The van der Waals surface area contributed by atoms with Crippen LogP contribution in [0.1, 0.15) is 20.3 Å². The minimum atomic E-state index is -6.36. The fourth-order valence-electron chi connectivity index (χ4n) is 1.57. The Morgan fingerprint density at radius 1 is 0.742 bits per heavy atom. The van der Waals surface area contributed by atoms with Crippen LogP contribution in [0.3, 0.4) is 0 Å². The van der Waals surface area contributed by atoms with Gasteiger partial charge in [0.15, 0.2) is 0 Å². The fraction of sp³-hybridized carbons (Fsp3) is 1.00. The SMILES string of the molecule is CC(F)(F)C(F)(F)CC(F)(F)C(C)(F)OCC(F)(OCC(F)(F)CS(=O)[O-])C(F)(F)F. The van der Waals surface area contributed by atoms with E-state index in [-0.39, 0.29) is 0 Å². The first kappa shape index (κ1) is 30.1. The lowest BCUT2D eigenvalue weighted by atomic mass is 10.00. The fourth-order valence-corrected chi connectivity index (χ4v) is 1.99. The van der Waals surface area contributed by atoms with Crippen LogP contribution in [0.25, 0.3) is 0 Å². The Kier molecular flexibility index (Phi) is 8.91. The summed E-state index contributed by atoms with van der Waals surface area (Å²) in [6.45, 7) is -6.58. The van der Waals surface area contributed by atoms with Gasteiger partial charge in [0.05, 0.1) is 12.2 Å². The molecule has 0 aliphatic rings. The monoisotopic (exact) mass is 513 g/mol. The highest BCUT2D eigenvalue weighted by Crippen LogP contribution is 2.47. The molecule has 0 bridgehead atoms. The van der Waals surface area contributed by atoms with E-state index in [1.54, 1.807) is 0 Å². The predicted molar refractivity (Wildman–Crippen MR) is 75.2 cm³/mol. The van der Waals surface area contributed by atoms with Crippen molar-refractivity contribution in [2.24, 2.45) is 0 Å². The second-order valence-electron chi connectivity index (χ2n) is 6.50. The molecule has 31 heavy (non-hydrogen) atoms. The average molecular weight is 513 g/mol. The van der Waals surface area contributed by atoms with E-state index in [2.05, 4.69) is 9.47 Å². The van der Waals surface area contributed by atoms with E-state index in [0.717, 1.165) is 0 Å². The Bertz CT molecular complexity index is 632. The molecule has 0 heterocycles. The molecule has 3 unspecified atom stereocenters. The number of alkyl halides is 13. The Hall–Kier alpha value is -0.880. The summed E-state index contributed by atoms with van der Waals surface area (Å²) in [5, 5.41) is 0. The minimum Gasteiger partial charge on any atom is -0.772 e. The van der Waals surface area contributed by atoms with E-state index in [4.69, 9.17) is 0 Å². The molecular formula is C13H14F13O4S-. The topological polar surface area (TPSA) is 58.6 Å². The van der Waals surface area contributed by atoms with Crippen molar-refractivity contribution >= 4 is 11.1 Å². The van der Waals surface area contributed by atoms with Gasteiger partial charge in [-0.3, -0.25) is 4.21 Å². The smallest absolute Gasteiger partial charge is 0.450 e. The molecule has 18 heteroatoms. The highest BCUT2D eigenvalue weighted by atomic mass is 32.2. The Morgan fingerprint density at radius 3 is 1.55 bits per heavy atom. The molecule has 4 nitrogen and oxygen atoms in total. The second kappa shape index (κ2) is 9.17. The van der Waals surface area contributed by atoms with E-state index in [1.165, 1.54) is 0 Å². The zero-order valence-corrected chi connectivity index (χ0v) is 16.1. The van der Waals surface area contributed by atoms with Crippen LogP contribution in [-0.2, 0) is 20.6 Å². The lowest BCUT2D eigenvalue weighted by molar-refractivity contribution is -0.381. The van der Waals surface area contributed by atoms with Gasteiger partial charge in [0.2, 0.25) is 0 Å². The number of hydrogen-bond donors (Lipinski definition) is 0. The quantitative estimate of drug-likeness (QED) is 0.279. The summed E-state index contributed by atoms with van der Waals surface area (Å²) < 4.78 is 198. The van der Waals surface area contributed by atoms with E-state index < -0.39 is 91.9 Å². The van der Waals surface area contributed by atoms with Gasteiger partial charge in [-0.15, -0.1) is 0 Å². The van der Waals surface area contributed by atoms with Gasteiger partial charge in [0.25, 0.3) is 11.8 Å². The summed E-state index contributed by atoms with van der Waals surface area (Å²) in [5.74, 6) is -33.5. The first-order valence-corrected chi connectivity index (χ1v) is 8.83. The van der Waals surface area contributed by atoms with E-state index in [9.17, 15) is 65.8 Å². The van der Waals surface area contributed by atoms with Crippen molar-refractivity contribution in [2.75, 3.05) is 19.0 Å². The second-order valence-corrected chi connectivity index (χ2v) is 7.39. The Morgan fingerprint density at radius 2 is 1.19 bits per heavy atom. The van der Waals surface area contributed by atoms with Gasteiger partial charge >= 0.3 is 29.8 Å². The van der Waals surface area contributed by atoms with Crippen molar-refractivity contribution in [2.45, 2.75) is 61.8 Å². The molecule has 0 spiro atoms. The van der Waals surface area contributed by atoms with Crippen LogP contribution in [0.5, 0.6) is 0 Å². The van der Waals surface area contributed by atoms with Crippen LogP contribution < -0.4 is 0 Å². The van der Waals surface area contributed by atoms with Crippen LogP contribution in [-0.4, -0.2) is 69.3 Å². The van der Waals surface area contributed by atoms with Crippen LogP contribution in [0, 0.1) is 0 Å². The van der Waals surface area contributed by atoms with Gasteiger partial charge in [0, 0.05) is 13.8 Å².